The standard InChI is InChI=1S/C12H11NO3/c14-9-6-10(12(16)11(15)7-9)13-8-4-2-1-3-5-8/h1-6,13,15-16H,7H2. The number of carbonyl (C=O) groups excluding carboxylic acids is 1. The van der Waals surface area contributed by atoms with E-state index in [1.54, 1.807) is 12.1 Å². The van der Waals surface area contributed by atoms with Crippen molar-refractivity contribution < 1.29 is 15.0 Å². The number of aliphatic hydroxyl groups is 2. The molecule has 0 bridgehead atoms. The minimum Gasteiger partial charge on any atom is -0.508 e. The molecule has 1 aromatic carbocycles. The van der Waals surface area contributed by atoms with Crippen LogP contribution in [0.15, 0.2) is 53.6 Å². The van der Waals surface area contributed by atoms with E-state index in [1.165, 1.54) is 6.08 Å². The van der Waals surface area contributed by atoms with Crippen molar-refractivity contribution in [2.24, 2.45) is 0 Å². The minimum atomic E-state index is -0.300. The van der Waals surface area contributed by atoms with Crippen molar-refractivity contribution >= 4 is 11.5 Å². The normalized spacial score (nSPS) is 16.0. The molecule has 0 aliphatic heterocycles. The number of hydrogen-bond acceptors (Lipinski definition) is 4. The summed E-state index contributed by atoms with van der Waals surface area (Å²) >= 11 is 0. The highest BCUT2D eigenvalue weighted by molar-refractivity contribution is 5.94. The van der Waals surface area contributed by atoms with Crippen LogP contribution in [0.2, 0.25) is 0 Å². The maximum atomic E-state index is 11.2. The van der Waals surface area contributed by atoms with Crippen LogP contribution in [-0.4, -0.2) is 16.0 Å². The number of anilines is 1. The van der Waals surface area contributed by atoms with Gasteiger partial charge in [-0.2, -0.15) is 0 Å². The molecule has 1 aliphatic rings. The van der Waals surface area contributed by atoms with E-state index in [1.807, 2.05) is 18.2 Å². The van der Waals surface area contributed by atoms with Gasteiger partial charge in [0, 0.05) is 11.8 Å². The first-order chi connectivity index (χ1) is 7.66. The molecule has 0 saturated carbocycles. The lowest BCUT2D eigenvalue weighted by atomic mass is 10.1. The lowest BCUT2D eigenvalue weighted by Crippen LogP contribution is -2.14. The Labute approximate surface area is 92.5 Å². The van der Waals surface area contributed by atoms with E-state index < -0.39 is 0 Å². The quantitative estimate of drug-likeness (QED) is 0.710. The number of allylic oxidation sites excluding steroid dienone is 2. The third kappa shape index (κ3) is 2.06. The molecule has 16 heavy (non-hydrogen) atoms. The molecular formula is C12H11NO3. The van der Waals surface area contributed by atoms with Crippen molar-refractivity contribution in [2.75, 3.05) is 5.32 Å². The first kappa shape index (κ1) is 10.3. The molecule has 0 aromatic heterocycles. The van der Waals surface area contributed by atoms with Gasteiger partial charge in [0.2, 0.25) is 0 Å². The molecule has 0 saturated heterocycles. The Balaban J connectivity index is 2.25. The molecule has 0 spiro atoms. The van der Waals surface area contributed by atoms with Crippen LogP contribution in [0.5, 0.6) is 0 Å². The Hall–Kier alpha value is -2.23. The fourth-order valence-corrected chi connectivity index (χ4v) is 1.46. The van der Waals surface area contributed by atoms with Gasteiger partial charge in [0.25, 0.3) is 0 Å². The summed E-state index contributed by atoms with van der Waals surface area (Å²) in [5.74, 6) is -0.817. The molecule has 0 unspecified atom stereocenters. The highest BCUT2D eigenvalue weighted by Crippen LogP contribution is 2.21. The summed E-state index contributed by atoms with van der Waals surface area (Å²) in [6.07, 6.45) is 1.13. The maximum Gasteiger partial charge on any atom is 0.177 e. The molecule has 1 aromatic rings. The van der Waals surface area contributed by atoms with E-state index in [0.29, 0.717) is 0 Å². The minimum absolute atomic E-state index is 0.147. The van der Waals surface area contributed by atoms with Crippen LogP contribution in [0.4, 0.5) is 5.69 Å². The van der Waals surface area contributed by atoms with Crippen LogP contribution in [0.25, 0.3) is 0 Å². The number of rotatable bonds is 2. The highest BCUT2D eigenvalue weighted by atomic mass is 16.3. The summed E-state index contributed by atoms with van der Waals surface area (Å²) in [5, 5.41) is 21.8. The van der Waals surface area contributed by atoms with Gasteiger partial charge in [0.05, 0.1) is 12.1 Å². The number of aliphatic hydroxyl groups excluding tert-OH is 2. The molecule has 0 fully saturated rings. The summed E-state index contributed by atoms with van der Waals surface area (Å²) in [6, 6.07) is 9.11. The van der Waals surface area contributed by atoms with Crippen LogP contribution in [0, 0.1) is 0 Å². The number of carbonyl (C=O) groups is 1. The molecule has 0 heterocycles. The molecule has 3 N–H and O–H groups in total. The van der Waals surface area contributed by atoms with Crippen molar-refractivity contribution in [2.45, 2.75) is 6.42 Å². The molecule has 0 atom stereocenters. The van der Waals surface area contributed by atoms with Crippen LogP contribution < -0.4 is 5.32 Å². The fourth-order valence-electron chi connectivity index (χ4n) is 1.46. The first-order valence-electron chi connectivity index (χ1n) is 4.85. The summed E-state index contributed by atoms with van der Waals surface area (Å²) < 4.78 is 0. The Bertz CT molecular complexity index is 474. The van der Waals surface area contributed by atoms with Crippen LogP contribution in [0.3, 0.4) is 0 Å². The van der Waals surface area contributed by atoms with Crippen LogP contribution in [0.1, 0.15) is 6.42 Å². The van der Waals surface area contributed by atoms with E-state index >= 15 is 0 Å². The summed E-state index contributed by atoms with van der Waals surface area (Å²) in [4.78, 5) is 11.2. The van der Waals surface area contributed by atoms with Crippen molar-refractivity contribution in [1.82, 2.24) is 0 Å². The Morgan fingerprint density at radius 2 is 1.81 bits per heavy atom. The molecule has 82 valence electrons. The number of nitrogens with one attached hydrogen (secondary N) is 1. The average Bonchev–Trinajstić information content (AvgIpc) is 2.27. The predicted molar refractivity (Wildman–Crippen MR) is 60.1 cm³/mol. The van der Waals surface area contributed by atoms with E-state index in [9.17, 15) is 15.0 Å². The van der Waals surface area contributed by atoms with Crippen LogP contribution >= 0.6 is 0 Å². The topological polar surface area (TPSA) is 69.6 Å². The highest BCUT2D eigenvalue weighted by Gasteiger charge is 2.19. The molecule has 0 radical (unpaired) electrons. The zero-order chi connectivity index (χ0) is 11.5. The second-order valence-corrected chi connectivity index (χ2v) is 3.49. The molecule has 4 heteroatoms. The monoisotopic (exact) mass is 217 g/mol. The van der Waals surface area contributed by atoms with Gasteiger partial charge < -0.3 is 15.5 Å². The summed E-state index contributed by atoms with van der Waals surface area (Å²) in [6.45, 7) is 0. The van der Waals surface area contributed by atoms with Gasteiger partial charge in [-0.05, 0) is 12.1 Å². The average molecular weight is 217 g/mol. The summed E-state index contributed by atoms with van der Waals surface area (Å²) in [7, 11) is 0. The smallest absolute Gasteiger partial charge is 0.177 e. The van der Waals surface area contributed by atoms with Gasteiger partial charge in [0.1, 0.15) is 5.76 Å². The Morgan fingerprint density at radius 1 is 1.12 bits per heavy atom. The third-order valence-electron chi connectivity index (χ3n) is 2.23. The molecular weight excluding hydrogens is 206 g/mol. The SMILES string of the molecule is O=C1C=C(Nc2ccccc2)C(O)=C(O)C1. The van der Waals surface area contributed by atoms with Crippen LogP contribution in [-0.2, 0) is 4.79 Å². The maximum absolute atomic E-state index is 11.2. The lowest BCUT2D eigenvalue weighted by Gasteiger charge is -2.15. The number of ketones is 1. The molecule has 4 nitrogen and oxygen atoms in total. The largest absolute Gasteiger partial charge is 0.508 e. The predicted octanol–water partition coefficient (Wildman–Crippen LogP) is 2.28. The van der Waals surface area contributed by atoms with Gasteiger partial charge in [-0.3, -0.25) is 4.79 Å². The van der Waals surface area contributed by atoms with Gasteiger partial charge in [-0.1, -0.05) is 18.2 Å². The van der Waals surface area contributed by atoms with Gasteiger partial charge >= 0.3 is 0 Å². The van der Waals surface area contributed by atoms with E-state index in [4.69, 9.17) is 0 Å². The molecule has 0 amide bonds. The number of hydrogen-bond donors (Lipinski definition) is 3. The van der Waals surface area contributed by atoms with Gasteiger partial charge in [-0.25, -0.2) is 0 Å². The van der Waals surface area contributed by atoms with Crippen molar-refractivity contribution in [3.8, 4) is 0 Å². The number of benzene rings is 1. The molecule has 2 rings (SSSR count). The Kier molecular flexibility index (Phi) is 2.64. The van der Waals surface area contributed by atoms with Crippen molar-refractivity contribution in [3.05, 3.63) is 53.6 Å². The lowest BCUT2D eigenvalue weighted by molar-refractivity contribution is -0.114. The second-order valence-electron chi connectivity index (χ2n) is 3.49. The van der Waals surface area contributed by atoms with Gasteiger partial charge in [-0.15, -0.1) is 0 Å². The van der Waals surface area contributed by atoms with Crippen molar-refractivity contribution in [1.29, 1.82) is 0 Å². The van der Waals surface area contributed by atoms with Gasteiger partial charge in [0.15, 0.2) is 11.5 Å². The Morgan fingerprint density at radius 3 is 2.50 bits per heavy atom. The van der Waals surface area contributed by atoms with Crippen molar-refractivity contribution in [3.63, 3.8) is 0 Å². The van der Waals surface area contributed by atoms with E-state index in [2.05, 4.69) is 5.32 Å². The summed E-state index contributed by atoms with van der Waals surface area (Å²) in [5.41, 5.74) is 0.961. The number of para-hydroxylation sites is 1. The van der Waals surface area contributed by atoms with E-state index in [-0.39, 0.29) is 29.4 Å². The second kappa shape index (κ2) is 4.10. The van der Waals surface area contributed by atoms with E-state index in [0.717, 1.165) is 5.69 Å². The zero-order valence-corrected chi connectivity index (χ0v) is 8.47. The fraction of sp³-hybridized carbons (Fsp3) is 0.0833. The third-order valence-corrected chi connectivity index (χ3v) is 2.23. The molecule has 1 aliphatic carbocycles. The first-order valence-corrected chi connectivity index (χ1v) is 4.85. The zero-order valence-electron chi connectivity index (χ0n) is 8.47.